The van der Waals surface area contributed by atoms with Crippen molar-refractivity contribution in [2.45, 2.75) is 19.4 Å². The number of aryl methyl sites for hydroxylation is 1. The number of aromatic amines is 1. The molecule has 2 aromatic heterocycles. The van der Waals surface area contributed by atoms with E-state index in [2.05, 4.69) is 28.4 Å². The van der Waals surface area contributed by atoms with E-state index in [9.17, 15) is 4.79 Å². The minimum absolute atomic E-state index is 0.0119. The largest absolute Gasteiger partial charge is 0.439 e. The van der Waals surface area contributed by atoms with Crippen molar-refractivity contribution in [3.63, 3.8) is 0 Å². The fraction of sp³-hybridized carbons (Fsp3) is 0.120. The Labute approximate surface area is 180 Å². The van der Waals surface area contributed by atoms with Crippen LogP contribution in [0.3, 0.4) is 0 Å². The summed E-state index contributed by atoms with van der Waals surface area (Å²) < 4.78 is 5.83. The zero-order chi connectivity index (χ0) is 22.0. The monoisotopic (exact) mass is 412 g/mol. The van der Waals surface area contributed by atoms with Gasteiger partial charge >= 0.3 is 0 Å². The van der Waals surface area contributed by atoms with Crippen LogP contribution in [0.15, 0.2) is 84.1 Å². The van der Waals surface area contributed by atoms with E-state index in [0.29, 0.717) is 29.5 Å². The molecule has 0 aliphatic rings. The Morgan fingerprint density at radius 2 is 1.87 bits per heavy atom. The van der Waals surface area contributed by atoms with Crippen molar-refractivity contribution in [1.29, 1.82) is 0 Å². The van der Waals surface area contributed by atoms with Crippen LogP contribution in [0.25, 0.3) is 27.9 Å². The molecule has 6 nitrogen and oxygen atoms in total. The topological polar surface area (TPSA) is 96.9 Å². The Kier molecular flexibility index (Phi) is 5.45. The fourth-order valence-electron chi connectivity index (χ4n) is 3.65. The van der Waals surface area contributed by atoms with Gasteiger partial charge in [-0.15, -0.1) is 0 Å². The van der Waals surface area contributed by atoms with Gasteiger partial charge in [0.25, 0.3) is 0 Å². The molecular weight excluding hydrogens is 388 g/mol. The molecule has 0 saturated carbocycles. The zero-order valence-corrected chi connectivity index (χ0v) is 17.3. The summed E-state index contributed by atoms with van der Waals surface area (Å²) in [6, 6.07) is 17.0. The van der Waals surface area contributed by atoms with Crippen molar-refractivity contribution < 1.29 is 9.21 Å². The molecule has 1 atom stereocenters. The molecule has 6 heteroatoms. The van der Waals surface area contributed by atoms with Gasteiger partial charge < -0.3 is 20.5 Å². The molecule has 4 N–H and O–H groups in total. The van der Waals surface area contributed by atoms with Crippen LogP contribution in [0, 0.1) is 6.92 Å². The number of nitrogens with one attached hydrogen (secondary N) is 2. The summed E-state index contributed by atoms with van der Waals surface area (Å²) in [6.45, 7) is 9.53. The third-order valence-electron chi connectivity index (χ3n) is 5.14. The highest BCUT2D eigenvalue weighted by Crippen LogP contribution is 2.28. The quantitative estimate of drug-likeness (QED) is 0.374. The summed E-state index contributed by atoms with van der Waals surface area (Å²) in [4.78, 5) is 20.6. The number of benzene rings is 2. The number of aromatic nitrogens is 2. The number of carbonyl (C=O) groups excluding carboxylic acids is 1. The molecule has 0 radical (unpaired) electrons. The molecule has 31 heavy (non-hydrogen) atoms. The molecule has 2 heterocycles. The maximum Gasteiger partial charge on any atom is 0.200 e. The Bertz CT molecular complexity index is 1270. The molecule has 0 bridgehead atoms. The summed E-state index contributed by atoms with van der Waals surface area (Å²) >= 11 is 0. The maximum atomic E-state index is 12.8. The summed E-state index contributed by atoms with van der Waals surface area (Å²) in [7, 11) is 0. The standard InChI is InChI=1S/C25H24N4O2/c1-15(26)24(30)22(13-19-14-27-21-12-8-7-11-20(19)21)28-16(2)25-23(29-17(3)31-25)18-9-5-4-6-10-18/h4-12,14,22,27-28H,1-2,13,26H2,3H3. The number of fused-ring (bicyclic) bond motifs is 1. The third kappa shape index (κ3) is 4.14. The summed E-state index contributed by atoms with van der Waals surface area (Å²) in [5.74, 6) is 0.714. The Balaban J connectivity index is 1.64. The predicted octanol–water partition coefficient (Wildman–Crippen LogP) is 4.34. The van der Waals surface area contributed by atoms with Crippen LogP contribution in [-0.4, -0.2) is 21.8 Å². The number of Topliss-reactive ketones (excluding diaryl/α,β-unsaturated/α-hetero) is 1. The van der Waals surface area contributed by atoms with E-state index in [1.54, 1.807) is 6.92 Å². The molecule has 4 rings (SSSR count). The lowest BCUT2D eigenvalue weighted by molar-refractivity contribution is -0.117. The molecule has 0 amide bonds. The SMILES string of the molecule is C=C(N)C(=O)C(Cc1c[nH]c2ccccc12)NC(=C)c1oc(C)nc1-c1ccccc1. The first-order valence-corrected chi connectivity index (χ1v) is 9.96. The molecule has 4 aromatic rings. The van der Waals surface area contributed by atoms with Crippen LogP contribution in [0.2, 0.25) is 0 Å². The first-order chi connectivity index (χ1) is 14.9. The number of hydrogen-bond acceptors (Lipinski definition) is 5. The number of rotatable bonds is 8. The second-order valence-electron chi connectivity index (χ2n) is 7.41. The molecular formula is C25H24N4O2. The number of hydrogen-bond donors (Lipinski definition) is 3. The van der Waals surface area contributed by atoms with E-state index in [4.69, 9.17) is 10.2 Å². The smallest absolute Gasteiger partial charge is 0.200 e. The van der Waals surface area contributed by atoms with Crippen molar-refractivity contribution in [2.75, 3.05) is 0 Å². The van der Waals surface area contributed by atoms with Gasteiger partial charge in [-0.3, -0.25) is 4.79 Å². The van der Waals surface area contributed by atoms with Crippen molar-refractivity contribution in [3.05, 3.63) is 96.9 Å². The predicted molar refractivity (Wildman–Crippen MR) is 123 cm³/mol. The van der Waals surface area contributed by atoms with Crippen molar-refractivity contribution in [3.8, 4) is 11.3 Å². The summed E-state index contributed by atoms with van der Waals surface area (Å²) in [6.07, 6.45) is 2.31. The molecule has 156 valence electrons. The van der Waals surface area contributed by atoms with Gasteiger partial charge in [-0.05, 0) is 11.6 Å². The number of para-hydroxylation sites is 1. The van der Waals surface area contributed by atoms with Gasteiger partial charge in [-0.1, -0.05) is 61.7 Å². The number of ketones is 1. The van der Waals surface area contributed by atoms with E-state index in [1.165, 1.54) is 0 Å². The van der Waals surface area contributed by atoms with E-state index >= 15 is 0 Å². The summed E-state index contributed by atoms with van der Waals surface area (Å²) in [5, 5.41) is 4.26. The second-order valence-corrected chi connectivity index (χ2v) is 7.41. The van der Waals surface area contributed by atoms with Crippen LogP contribution in [0.1, 0.15) is 17.2 Å². The Morgan fingerprint density at radius 1 is 1.16 bits per heavy atom. The van der Waals surface area contributed by atoms with Gasteiger partial charge in [-0.2, -0.15) is 0 Å². The number of nitrogens with two attached hydrogens (primary N) is 1. The number of carbonyl (C=O) groups is 1. The van der Waals surface area contributed by atoms with E-state index in [-0.39, 0.29) is 11.5 Å². The van der Waals surface area contributed by atoms with Crippen LogP contribution in [-0.2, 0) is 11.2 Å². The van der Waals surface area contributed by atoms with Crippen LogP contribution >= 0.6 is 0 Å². The lowest BCUT2D eigenvalue weighted by Crippen LogP contribution is -2.39. The first-order valence-electron chi connectivity index (χ1n) is 9.96. The van der Waals surface area contributed by atoms with Gasteiger partial charge in [0.15, 0.2) is 17.4 Å². The molecule has 0 aliphatic carbocycles. The first kappa shape index (κ1) is 20.2. The number of oxazole rings is 1. The molecule has 0 spiro atoms. The number of H-pyrrole nitrogens is 1. The van der Waals surface area contributed by atoms with Crippen LogP contribution in [0.5, 0.6) is 0 Å². The minimum Gasteiger partial charge on any atom is -0.439 e. The molecule has 0 fully saturated rings. The zero-order valence-electron chi connectivity index (χ0n) is 17.3. The lowest BCUT2D eigenvalue weighted by atomic mass is 9.99. The van der Waals surface area contributed by atoms with E-state index in [0.717, 1.165) is 22.0 Å². The average molecular weight is 412 g/mol. The highest BCUT2D eigenvalue weighted by molar-refractivity contribution is 5.99. The van der Waals surface area contributed by atoms with Gasteiger partial charge in [0.05, 0.1) is 17.4 Å². The maximum absolute atomic E-state index is 12.8. The Morgan fingerprint density at radius 3 is 2.61 bits per heavy atom. The van der Waals surface area contributed by atoms with Gasteiger partial charge in [0.2, 0.25) is 0 Å². The summed E-state index contributed by atoms with van der Waals surface area (Å²) in [5.41, 5.74) is 9.77. The Hall–Kier alpha value is -4.06. The van der Waals surface area contributed by atoms with Crippen molar-refractivity contribution in [1.82, 2.24) is 15.3 Å². The molecule has 2 aromatic carbocycles. The lowest BCUT2D eigenvalue weighted by Gasteiger charge is -2.19. The van der Waals surface area contributed by atoms with Gasteiger partial charge in [0.1, 0.15) is 5.69 Å². The molecule has 0 aliphatic heterocycles. The average Bonchev–Trinajstić information content (AvgIpc) is 3.37. The van der Waals surface area contributed by atoms with Gasteiger partial charge in [0, 0.05) is 36.0 Å². The molecule has 1 unspecified atom stereocenters. The minimum atomic E-state index is -0.654. The molecule has 0 saturated heterocycles. The highest BCUT2D eigenvalue weighted by Gasteiger charge is 2.25. The van der Waals surface area contributed by atoms with Gasteiger partial charge in [-0.25, -0.2) is 4.98 Å². The third-order valence-corrected chi connectivity index (χ3v) is 5.14. The van der Waals surface area contributed by atoms with Crippen LogP contribution < -0.4 is 11.1 Å². The highest BCUT2D eigenvalue weighted by atomic mass is 16.4. The van der Waals surface area contributed by atoms with Crippen molar-refractivity contribution in [2.24, 2.45) is 5.73 Å². The fourth-order valence-corrected chi connectivity index (χ4v) is 3.65. The van der Waals surface area contributed by atoms with Crippen molar-refractivity contribution >= 4 is 22.4 Å². The van der Waals surface area contributed by atoms with E-state index < -0.39 is 6.04 Å². The van der Waals surface area contributed by atoms with Crippen LogP contribution in [0.4, 0.5) is 0 Å². The van der Waals surface area contributed by atoms with E-state index in [1.807, 2.05) is 60.8 Å². The second kappa shape index (κ2) is 8.36. The number of nitrogens with zero attached hydrogens (tertiary/aromatic N) is 1. The normalized spacial score (nSPS) is 11.9.